The second-order valence-electron chi connectivity index (χ2n) is 7.73. The number of sulfonamides is 1. The van der Waals surface area contributed by atoms with Crippen LogP contribution in [0.2, 0.25) is 0 Å². The van der Waals surface area contributed by atoms with Gasteiger partial charge in [0, 0.05) is 11.1 Å². The third-order valence-corrected chi connectivity index (χ3v) is 5.93. The average Bonchev–Trinajstić information content (AvgIpc) is 3.08. The van der Waals surface area contributed by atoms with Crippen LogP contribution in [0.5, 0.6) is 0 Å². The van der Waals surface area contributed by atoms with Gasteiger partial charge in [-0.3, -0.25) is 5.10 Å². The highest BCUT2D eigenvalue weighted by Gasteiger charge is 2.20. The number of nitrogens with one attached hydrogen (secondary N) is 3. The van der Waals surface area contributed by atoms with E-state index >= 15 is 0 Å². The van der Waals surface area contributed by atoms with Gasteiger partial charge in [0.1, 0.15) is 0 Å². The van der Waals surface area contributed by atoms with Crippen molar-refractivity contribution >= 4 is 32.6 Å². The smallest absolute Gasteiger partial charge is 0.307 e. The van der Waals surface area contributed by atoms with Gasteiger partial charge in [-0.2, -0.15) is 5.10 Å². The highest BCUT2D eigenvalue weighted by molar-refractivity contribution is 7.89. The van der Waals surface area contributed by atoms with E-state index < -0.39 is 16.1 Å². The highest BCUT2D eigenvalue weighted by Crippen LogP contribution is 2.32. The van der Waals surface area contributed by atoms with Crippen molar-refractivity contribution in [2.45, 2.75) is 45.3 Å². The summed E-state index contributed by atoms with van der Waals surface area (Å²) in [5.74, 6) is 0.0570. The molecule has 154 valence electrons. The molecule has 7 nitrogen and oxygen atoms in total. The van der Waals surface area contributed by atoms with Crippen LogP contribution in [0.1, 0.15) is 56.2 Å². The van der Waals surface area contributed by atoms with Crippen molar-refractivity contribution in [3.8, 4) is 0 Å². The van der Waals surface area contributed by atoms with Crippen molar-refractivity contribution in [3.05, 3.63) is 59.3 Å². The minimum atomic E-state index is -3.87. The molecule has 3 N–H and O–H groups in total. The van der Waals surface area contributed by atoms with E-state index in [1.807, 2.05) is 45.9 Å². The van der Waals surface area contributed by atoms with Gasteiger partial charge in [0.05, 0.1) is 17.5 Å². The average molecular weight is 415 g/mol. The highest BCUT2D eigenvalue weighted by atomic mass is 32.2. The first-order valence-electron chi connectivity index (χ1n) is 9.52. The summed E-state index contributed by atoms with van der Waals surface area (Å²) in [6.45, 7) is 8.13. The molecule has 2 amide bonds. The lowest BCUT2D eigenvalue weighted by Crippen LogP contribution is -2.35. The summed E-state index contributed by atoms with van der Waals surface area (Å²) >= 11 is 0. The molecule has 1 aromatic heterocycles. The summed E-state index contributed by atoms with van der Waals surface area (Å²) < 4.78 is 27.2. The molecule has 29 heavy (non-hydrogen) atoms. The number of amides is 2. The normalized spacial score (nSPS) is 11.9. The number of benzene rings is 2. The van der Waals surface area contributed by atoms with Crippen LogP contribution in [-0.4, -0.2) is 24.6 Å². The Morgan fingerprint density at radius 2 is 1.72 bits per heavy atom. The number of fused-ring (bicyclic) bond motifs is 1. The Bertz CT molecular complexity index is 1110. The van der Waals surface area contributed by atoms with E-state index in [9.17, 15) is 13.2 Å². The summed E-state index contributed by atoms with van der Waals surface area (Å²) in [5.41, 5.74) is 3.91. The fourth-order valence-electron chi connectivity index (χ4n) is 3.31. The number of anilines is 1. The predicted octanol–water partition coefficient (Wildman–Crippen LogP) is 4.46. The van der Waals surface area contributed by atoms with E-state index in [1.54, 1.807) is 24.4 Å². The van der Waals surface area contributed by atoms with Crippen LogP contribution in [0, 0.1) is 0 Å². The number of rotatable bonds is 6. The molecule has 0 bridgehead atoms. The number of carbonyl (C=O) groups excluding carboxylic acids is 1. The lowest BCUT2D eigenvalue weighted by molar-refractivity contribution is 0.256. The minimum Gasteiger partial charge on any atom is -0.307 e. The molecule has 0 spiro atoms. The topological polar surface area (TPSA) is 104 Å². The maximum atomic E-state index is 12.5. The van der Waals surface area contributed by atoms with Gasteiger partial charge in [0.2, 0.25) is 10.0 Å². The van der Waals surface area contributed by atoms with E-state index in [0.29, 0.717) is 11.3 Å². The number of aromatic nitrogens is 2. The Morgan fingerprint density at radius 3 is 2.34 bits per heavy atom. The Balaban J connectivity index is 1.77. The summed E-state index contributed by atoms with van der Waals surface area (Å²) in [6, 6.07) is 10.3. The van der Waals surface area contributed by atoms with E-state index in [2.05, 4.69) is 20.2 Å². The van der Waals surface area contributed by atoms with Crippen molar-refractivity contribution < 1.29 is 13.2 Å². The molecule has 0 atom stereocenters. The SMILES string of the molecule is CC(C)c1cccc(C(C)C)c1NC(=O)NS(=O)(=O)Cc1ccc2cn[nH]c2c1. The molecule has 8 heteroatoms. The van der Waals surface area contributed by atoms with Crippen LogP contribution in [-0.2, 0) is 15.8 Å². The number of hydrogen-bond acceptors (Lipinski definition) is 4. The zero-order chi connectivity index (χ0) is 21.2. The molecule has 3 rings (SSSR count). The molecular formula is C21H26N4O3S. The van der Waals surface area contributed by atoms with Crippen LogP contribution < -0.4 is 10.0 Å². The third kappa shape index (κ3) is 4.95. The molecule has 0 aliphatic carbocycles. The van der Waals surface area contributed by atoms with Gasteiger partial charge in [-0.1, -0.05) is 58.0 Å². The van der Waals surface area contributed by atoms with E-state index in [0.717, 1.165) is 22.0 Å². The standard InChI is InChI=1S/C21H26N4O3S/c1-13(2)17-6-5-7-18(14(3)4)20(17)23-21(26)25-29(27,28)12-15-8-9-16-11-22-24-19(16)10-15/h5-11,13-14H,12H2,1-4H3,(H,22,24)(H2,23,25,26). The molecule has 0 aliphatic rings. The summed E-state index contributed by atoms with van der Waals surface area (Å²) in [7, 11) is -3.87. The number of carbonyl (C=O) groups is 1. The van der Waals surface area contributed by atoms with Crippen LogP contribution in [0.4, 0.5) is 10.5 Å². The molecule has 0 radical (unpaired) electrons. The van der Waals surface area contributed by atoms with Gasteiger partial charge < -0.3 is 5.32 Å². The van der Waals surface area contributed by atoms with Gasteiger partial charge >= 0.3 is 6.03 Å². The van der Waals surface area contributed by atoms with E-state index in [1.165, 1.54) is 0 Å². The Labute approximate surface area is 171 Å². The van der Waals surface area contributed by atoms with Crippen molar-refractivity contribution in [2.24, 2.45) is 0 Å². The van der Waals surface area contributed by atoms with Crippen molar-refractivity contribution in [3.63, 3.8) is 0 Å². The Hall–Kier alpha value is -2.87. The lowest BCUT2D eigenvalue weighted by Gasteiger charge is -2.20. The second kappa shape index (κ2) is 8.24. The first-order chi connectivity index (χ1) is 13.7. The van der Waals surface area contributed by atoms with Crippen molar-refractivity contribution in [2.75, 3.05) is 5.32 Å². The maximum Gasteiger partial charge on any atom is 0.332 e. The van der Waals surface area contributed by atoms with E-state index in [-0.39, 0.29) is 17.6 Å². The fourth-order valence-corrected chi connectivity index (χ4v) is 4.33. The van der Waals surface area contributed by atoms with E-state index in [4.69, 9.17) is 0 Å². The zero-order valence-electron chi connectivity index (χ0n) is 17.0. The van der Waals surface area contributed by atoms with Crippen LogP contribution in [0.15, 0.2) is 42.6 Å². The Kier molecular flexibility index (Phi) is 5.93. The number of H-pyrrole nitrogens is 1. The Morgan fingerprint density at radius 1 is 1.07 bits per heavy atom. The molecule has 0 aliphatic heterocycles. The fraction of sp³-hybridized carbons (Fsp3) is 0.333. The largest absolute Gasteiger partial charge is 0.332 e. The maximum absolute atomic E-state index is 12.5. The number of urea groups is 1. The van der Waals surface area contributed by atoms with Gasteiger partial charge in [0.15, 0.2) is 0 Å². The zero-order valence-corrected chi connectivity index (χ0v) is 17.8. The van der Waals surface area contributed by atoms with Crippen LogP contribution in [0.25, 0.3) is 10.9 Å². The van der Waals surface area contributed by atoms with Gasteiger partial charge in [-0.15, -0.1) is 0 Å². The first kappa shape index (κ1) is 20.9. The first-order valence-corrected chi connectivity index (χ1v) is 11.2. The molecule has 1 heterocycles. The van der Waals surface area contributed by atoms with Crippen LogP contribution in [0.3, 0.4) is 0 Å². The van der Waals surface area contributed by atoms with Gasteiger partial charge in [-0.05, 0) is 34.6 Å². The number of hydrogen-bond donors (Lipinski definition) is 3. The van der Waals surface area contributed by atoms with Crippen LogP contribution >= 0.6 is 0 Å². The summed E-state index contributed by atoms with van der Waals surface area (Å²) in [4.78, 5) is 12.5. The molecule has 0 saturated heterocycles. The van der Waals surface area contributed by atoms with Gasteiger partial charge in [0.25, 0.3) is 0 Å². The molecule has 3 aromatic rings. The van der Waals surface area contributed by atoms with Gasteiger partial charge in [-0.25, -0.2) is 17.9 Å². The minimum absolute atomic E-state index is 0.182. The summed E-state index contributed by atoms with van der Waals surface area (Å²) in [6.07, 6.45) is 1.66. The van der Waals surface area contributed by atoms with Crippen molar-refractivity contribution in [1.29, 1.82) is 0 Å². The van der Waals surface area contributed by atoms with Crippen molar-refractivity contribution in [1.82, 2.24) is 14.9 Å². The quantitative estimate of drug-likeness (QED) is 0.554. The number of para-hydroxylation sites is 1. The molecule has 2 aromatic carbocycles. The third-order valence-electron chi connectivity index (χ3n) is 4.72. The monoisotopic (exact) mass is 414 g/mol. The number of aromatic amines is 1. The molecule has 0 unspecified atom stereocenters. The number of nitrogens with zero attached hydrogens (tertiary/aromatic N) is 1. The predicted molar refractivity (Wildman–Crippen MR) is 115 cm³/mol. The molecular weight excluding hydrogens is 388 g/mol. The molecule has 0 saturated carbocycles. The summed E-state index contributed by atoms with van der Waals surface area (Å²) in [5, 5.41) is 10.4. The molecule has 0 fully saturated rings. The lowest BCUT2D eigenvalue weighted by atomic mass is 9.93. The second-order valence-corrected chi connectivity index (χ2v) is 9.45.